The average molecular weight is 296 g/mol. The zero-order valence-electron chi connectivity index (χ0n) is 10.9. The van der Waals surface area contributed by atoms with Crippen LogP contribution in [0.2, 0.25) is 5.02 Å². The van der Waals surface area contributed by atoms with Crippen molar-refractivity contribution in [2.24, 2.45) is 5.73 Å². The molecular weight excluding hydrogens is 277 g/mol. The first-order valence-electron chi connectivity index (χ1n) is 6.23. The van der Waals surface area contributed by atoms with E-state index < -0.39 is 0 Å². The fourth-order valence-electron chi connectivity index (χ4n) is 2.22. The van der Waals surface area contributed by atoms with Crippen molar-refractivity contribution in [2.45, 2.75) is 25.3 Å². The van der Waals surface area contributed by atoms with Crippen LogP contribution in [0.1, 0.15) is 30.4 Å². The SMILES string of the molecule is CC(N)CC(c1ccccc1)c1ccc(Cl)cc1.Cl. The minimum absolute atomic E-state index is 0. The normalized spacial score (nSPS) is 13.4. The van der Waals surface area contributed by atoms with Gasteiger partial charge in [0.2, 0.25) is 0 Å². The lowest BCUT2D eigenvalue weighted by Crippen LogP contribution is -2.19. The summed E-state index contributed by atoms with van der Waals surface area (Å²) < 4.78 is 0. The van der Waals surface area contributed by atoms with Gasteiger partial charge in [-0.25, -0.2) is 0 Å². The highest BCUT2D eigenvalue weighted by Crippen LogP contribution is 2.29. The van der Waals surface area contributed by atoms with Gasteiger partial charge >= 0.3 is 0 Å². The number of hydrogen-bond donors (Lipinski definition) is 1. The van der Waals surface area contributed by atoms with Gasteiger partial charge in [-0.15, -0.1) is 12.4 Å². The lowest BCUT2D eigenvalue weighted by molar-refractivity contribution is 0.608. The summed E-state index contributed by atoms with van der Waals surface area (Å²) in [5.74, 6) is 0.337. The number of halogens is 2. The predicted molar refractivity (Wildman–Crippen MR) is 85.3 cm³/mol. The Bertz CT molecular complexity index is 480. The van der Waals surface area contributed by atoms with Crippen molar-refractivity contribution in [1.82, 2.24) is 0 Å². The zero-order valence-corrected chi connectivity index (χ0v) is 12.5. The van der Waals surface area contributed by atoms with Gasteiger partial charge in [0.1, 0.15) is 0 Å². The Balaban J connectivity index is 0.00000180. The van der Waals surface area contributed by atoms with Gasteiger partial charge in [-0.1, -0.05) is 54.1 Å². The van der Waals surface area contributed by atoms with E-state index in [2.05, 4.69) is 36.4 Å². The molecule has 19 heavy (non-hydrogen) atoms. The molecular formula is C16H19Cl2N. The summed E-state index contributed by atoms with van der Waals surface area (Å²) in [4.78, 5) is 0. The summed E-state index contributed by atoms with van der Waals surface area (Å²) in [6, 6.07) is 18.7. The predicted octanol–water partition coefficient (Wildman–Crippen LogP) is 4.63. The molecule has 2 aromatic rings. The van der Waals surface area contributed by atoms with Crippen molar-refractivity contribution in [2.75, 3.05) is 0 Å². The Morgan fingerprint density at radius 1 is 0.947 bits per heavy atom. The molecule has 3 heteroatoms. The van der Waals surface area contributed by atoms with Crippen LogP contribution < -0.4 is 5.73 Å². The van der Waals surface area contributed by atoms with Crippen molar-refractivity contribution in [3.05, 3.63) is 70.7 Å². The summed E-state index contributed by atoms with van der Waals surface area (Å²) in [6.07, 6.45) is 0.936. The van der Waals surface area contributed by atoms with E-state index in [-0.39, 0.29) is 18.4 Å². The molecule has 2 atom stereocenters. The first-order chi connectivity index (χ1) is 8.66. The molecule has 0 aliphatic carbocycles. The third kappa shape index (κ3) is 4.54. The molecule has 2 N–H and O–H groups in total. The van der Waals surface area contributed by atoms with Crippen LogP contribution in [0.25, 0.3) is 0 Å². The molecule has 0 aliphatic heterocycles. The van der Waals surface area contributed by atoms with Gasteiger partial charge in [0.15, 0.2) is 0 Å². The molecule has 0 amide bonds. The van der Waals surface area contributed by atoms with Crippen LogP contribution in [0.4, 0.5) is 0 Å². The highest BCUT2D eigenvalue weighted by molar-refractivity contribution is 6.30. The molecule has 0 radical (unpaired) electrons. The topological polar surface area (TPSA) is 26.0 Å². The van der Waals surface area contributed by atoms with E-state index in [9.17, 15) is 0 Å². The Kier molecular flexibility index (Phi) is 6.36. The number of nitrogens with two attached hydrogens (primary N) is 1. The minimum atomic E-state index is 0. The molecule has 0 spiro atoms. The van der Waals surface area contributed by atoms with E-state index in [4.69, 9.17) is 17.3 Å². The monoisotopic (exact) mass is 295 g/mol. The number of rotatable bonds is 4. The maximum absolute atomic E-state index is 5.97. The third-order valence-corrected chi connectivity index (χ3v) is 3.33. The minimum Gasteiger partial charge on any atom is -0.328 e. The lowest BCUT2D eigenvalue weighted by Gasteiger charge is -2.20. The van der Waals surface area contributed by atoms with E-state index in [0.29, 0.717) is 5.92 Å². The summed E-state index contributed by atoms with van der Waals surface area (Å²) >= 11 is 5.94. The molecule has 2 rings (SSSR count). The Morgan fingerprint density at radius 3 is 2.00 bits per heavy atom. The van der Waals surface area contributed by atoms with Gasteiger partial charge in [0, 0.05) is 17.0 Å². The van der Waals surface area contributed by atoms with E-state index in [0.717, 1.165) is 11.4 Å². The third-order valence-electron chi connectivity index (χ3n) is 3.08. The van der Waals surface area contributed by atoms with Crippen LogP contribution in [0, 0.1) is 0 Å². The highest BCUT2D eigenvalue weighted by atomic mass is 35.5. The molecule has 0 aliphatic rings. The van der Waals surface area contributed by atoms with Crippen LogP contribution in [0.5, 0.6) is 0 Å². The first-order valence-corrected chi connectivity index (χ1v) is 6.60. The molecule has 0 fully saturated rings. The van der Waals surface area contributed by atoms with Crippen molar-refractivity contribution in [1.29, 1.82) is 0 Å². The second-order valence-electron chi connectivity index (χ2n) is 4.73. The second kappa shape index (κ2) is 7.54. The van der Waals surface area contributed by atoms with Gasteiger partial charge in [0.05, 0.1) is 0 Å². The van der Waals surface area contributed by atoms with Crippen LogP contribution in [-0.4, -0.2) is 6.04 Å². The fourth-order valence-corrected chi connectivity index (χ4v) is 2.34. The molecule has 102 valence electrons. The van der Waals surface area contributed by atoms with Gasteiger partial charge in [-0.2, -0.15) is 0 Å². The molecule has 2 aromatic carbocycles. The van der Waals surface area contributed by atoms with Crippen molar-refractivity contribution in [3.8, 4) is 0 Å². The number of benzene rings is 2. The van der Waals surface area contributed by atoms with Crippen LogP contribution in [0.3, 0.4) is 0 Å². The molecule has 1 nitrogen and oxygen atoms in total. The molecule has 0 aromatic heterocycles. The summed E-state index contributed by atoms with van der Waals surface area (Å²) in [5.41, 5.74) is 8.54. The van der Waals surface area contributed by atoms with Gasteiger partial charge in [0.25, 0.3) is 0 Å². The first kappa shape index (κ1) is 16.0. The van der Waals surface area contributed by atoms with E-state index >= 15 is 0 Å². The average Bonchev–Trinajstić information content (AvgIpc) is 2.38. The number of hydrogen-bond acceptors (Lipinski definition) is 1. The van der Waals surface area contributed by atoms with Gasteiger partial charge in [-0.05, 0) is 36.6 Å². The highest BCUT2D eigenvalue weighted by Gasteiger charge is 2.15. The summed E-state index contributed by atoms with van der Waals surface area (Å²) in [5, 5.41) is 0.770. The fraction of sp³-hybridized carbons (Fsp3) is 0.250. The molecule has 2 unspecified atom stereocenters. The maximum atomic E-state index is 5.97. The Hall–Kier alpha value is -1.02. The quantitative estimate of drug-likeness (QED) is 0.874. The van der Waals surface area contributed by atoms with Crippen LogP contribution in [-0.2, 0) is 0 Å². The standard InChI is InChI=1S/C16H18ClN.ClH/c1-12(18)11-16(13-5-3-2-4-6-13)14-7-9-15(17)10-8-14;/h2-10,12,16H,11,18H2,1H3;1H. The van der Waals surface area contributed by atoms with E-state index in [1.165, 1.54) is 11.1 Å². The Morgan fingerprint density at radius 2 is 1.47 bits per heavy atom. The smallest absolute Gasteiger partial charge is 0.0406 e. The zero-order chi connectivity index (χ0) is 13.0. The van der Waals surface area contributed by atoms with Crippen molar-refractivity contribution < 1.29 is 0 Å². The molecule has 0 bridgehead atoms. The summed E-state index contributed by atoms with van der Waals surface area (Å²) in [7, 11) is 0. The lowest BCUT2D eigenvalue weighted by atomic mass is 9.86. The molecule has 0 heterocycles. The largest absolute Gasteiger partial charge is 0.328 e. The van der Waals surface area contributed by atoms with Crippen molar-refractivity contribution in [3.63, 3.8) is 0 Å². The summed E-state index contributed by atoms with van der Waals surface area (Å²) in [6.45, 7) is 2.05. The van der Waals surface area contributed by atoms with Gasteiger partial charge < -0.3 is 5.73 Å². The van der Waals surface area contributed by atoms with Crippen LogP contribution >= 0.6 is 24.0 Å². The second-order valence-corrected chi connectivity index (χ2v) is 5.16. The van der Waals surface area contributed by atoms with Crippen LogP contribution in [0.15, 0.2) is 54.6 Å². The van der Waals surface area contributed by atoms with E-state index in [1.54, 1.807) is 0 Å². The van der Waals surface area contributed by atoms with Crippen molar-refractivity contribution >= 4 is 24.0 Å². The molecule has 0 saturated carbocycles. The van der Waals surface area contributed by atoms with Gasteiger partial charge in [-0.3, -0.25) is 0 Å². The van der Waals surface area contributed by atoms with E-state index in [1.807, 2.05) is 25.1 Å². The Labute approximate surface area is 126 Å². The molecule has 0 saturated heterocycles. The maximum Gasteiger partial charge on any atom is 0.0406 e.